The van der Waals surface area contributed by atoms with Crippen molar-refractivity contribution in [1.29, 1.82) is 0 Å². The van der Waals surface area contributed by atoms with Crippen LogP contribution in [0.3, 0.4) is 0 Å². The first kappa shape index (κ1) is 11.4. The minimum Gasteiger partial charge on any atom is -0.478 e. The van der Waals surface area contributed by atoms with Crippen molar-refractivity contribution in [3.8, 4) is 5.69 Å². The lowest BCUT2D eigenvalue weighted by Gasteiger charge is -2.06. The van der Waals surface area contributed by atoms with Crippen LogP contribution in [-0.2, 0) is 0 Å². The van der Waals surface area contributed by atoms with Crippen molar-refractivity contribution in [2.75, 3.05) is 0 Å². The van der Waals surface area contributed by atoms with Gasteiger partial charge in [-0.3, -0.25) is 4.57 Å². The maximum Gasteiger partial charge on any atom is 0.335 e. The first-order valence-corrected chi connectivity index (χ1v) is 5.80. The summed E-state index contributed by atoms with van der Waals surface area (Å²) >= 11 is 0. The maximum absolute atomic E-state index is 10.8. The molecule has 0 fully saturated rings. The number of hydrogen-bond donors (Lipinski definition) is 1. The molecule has 3 aromatic rings. The molecule has 3 rings (SSSR count). The Kier molecular flexibility index (Phi) is 2.52. The standard InChI is InChI=1S/C14H11N3O2/c1-9-16-12-3-2-8-15-13(12)17(9)11-6-4-10(5-7-11)14(18)19/h2-8H,1H3,(H,18,19). The molecule has 0 unspecified atom stereocenters. The number of nitrogens with zero attached hydrogens (tertiary/aromatic N) is 3. The monoisotopic (exact) mass is 253 g/mol. The van der Waals surface area contributed by atoms with Crippen LogP contribution in [0.2, 0.25) is 0 Å². The Hall–Kier alpha value is -2.69. The molecule has 0 radical (unpaired) electrons. The highest BCUT2D eigenvalue weighted by Gasteiger charge is 2.10. The van der Waals surface area contributed by atoms with Crippen molar-refractivity contribution in [2.24, 2.45) is 0 Å². The van der Waals surface area contributed by atoms with E-state index >= 15 is 0 Å². The summed E-state index contributed by atoms with van der Waals surface area (Å²) in [7, 11) is 0. The molecular weight excluding hydrogens is 242 g/mol. The van der Waals surface area contributed by atoms with Gasteiger partial charge in [0.1, 0.15) is 11.3 Å². The number of rotatable bonds is 2. The molecule has 0 aliphatic rings. The van der Waals surface area contributed by atoms with Crippen LogP contribution >= 0.6 is 0 Å². The molecule has 19 heavy (non-hydrogen) atoms. The summed E-state index contributed by atoms with van der Waals surface area (Å²) in [6.07, 6.45) is 1.71. The molecule has 5 nitrogen and oxygen atoms in total. The SMILES string of the molecule is Cc1nc2cccnc2n1-c1ccc(C(=O)O)cc1. The molecule has 0 aliphatic heterocycles. The lowest BCUT2D eigenvalue weighted by atomic mass is 10.2. The quantitative estimate of drug-likeness (QED) is 0.761. The fourth-order valence-electron chi connectivity index (χ4n) is 2.09. The van der Waals surface area contributed by atoms with E-state index in [0.717, 1.165) is 22.7 Å². The van der Waals surface area contributed by atoms with Gasteiger partial charge in [-0.05, 0) is 43.3 Å². The largest absolute Gasteiger partial charge is 0.478 e. The van der Waals surface area contributed by atoms with Gasteiger partial charge in [0, 0.05) is 11.9 Å². The molecular formula is C14H11N3O2. The zero-order chi connectivity index (χ0) is 13.4. The van der Waals surface area contributed by atoms with E-state index in [4.69, 9.17) is 5.11 Å². The van der Waals surface area contributed by atoms with Gasteiger partial charge in [-0.15, -0.1) is 0 Å². The van der Waals surface area contributed by atoms with Crippen molar-refractivity contribution in [3.63, 3.8) is 0 Å². The van der Waals surface area contributed by atoms with E-state index < -0.39 is 5.97 Å². The summed E-state index contributed by atoms with van der Waals surface area (Å²) in [6, 6.07) is 10.4. The van der Waals surface area contributed by atoms with Gasteiger partial charge in [-0.2, -0.15) is 0 Å². The number of aromatic nitrogens is 3. The molecule has 0 aliphatic carbocycles. The lowest BCUT2D eigenvalue weighted by molar-refractivity contribution is 0.0697. The van der Waals surface area contributed by atoms with Crippen molar-refractivity contribution in [2.45, 2.75) is 6.92 Å². The maximum atomic E-state index is 10.8. The predicted octanol–water partition coefficient (Wildman–Crippen LogP) is 2.43. The normalized spacial score (nSPS) is 10.8. The van der Waals surface area contributed by atoms with E-state index in [-0.39, 0.29) is 5.56 Å². The van der Waals surface area contributed by atoms with Crippen LogP contribution in [0.5, 0.6) is 0 Å². The van der Waals surface area contributed by atoms with Crippen LogP contribution in [-0.4, -0.2) is 25.6 Å². The Bertz CT molecular complexity index is 760. The molecule has 0 atom stereocenters. The molecule has 1 aromatic carbocycles. The molecule has 1 N–H and O–H groups in total. The Labute approximate surface area is 109 Å². The number of imidazole rings is 1. The summed E-state index contributed by atoms with van der Waals surface area (Å²) in [4.78, 5) is 19.6. The number of carbonyl (C=O) groups is 1. The molecule has 2 heterocycles. The Morgan fingerprint density at radius 3 is 2.63 bits per heavy atom. The van der Waals surface area contributed by atoms with Crippen molar-refractivity contribution >= 4 is 17.1 Å². The smallest absolute Gasteiger partial charge is 0.335 e. The second kappa shape index (κ2) is 4.20. The van der Waals surface area contributed by atoms with Crippen LogP contribution in [0.1, 0.15) is 16.2 Å². The van der Waals surface area contributed by atoms with Crippen LogP contribution in [0.25, 0.3) is 16.9 Å². The molecule has 94 valence electrons. The van der Waals surface area contributed by atoms with E-state index in [2.05, 4.69) is 9.97 Å². The first-order valence-electron chi connectivity index (χ1n) is 5.80. The molecule has 0 amide bonds. The molecule has 2 aromatic heterocycles. The molecule has 0 spiro atoms. The number of aryl methyl sites for hydroxylation is 1. The zero-order valence-corrected chi connectivity index (χ0v) is 10.2. The van der Waals surface area contributed by atoms with Crippen LogP contribution in [0.15, 0.2) is 42.6 Å². The van der Waals surface area contributed by atoms with Crippen molar-refractivity contribution < 1.29 is 9.90 Å². The van der Waals surface area contributed by atoms with Gasteiger partial charge in [0.2, 0.25) is 0 Å². The molecule has 0 bridgehead atoms. The number of fused-ring (bicyclic) bond motifs is 1. The Morgan fingerprint density at radius 1 is 1.21 bits per heavy atom. The predicted molar refractivity (Wildman–Crippen MR) is 70.6 cm³/mol. The minimum atomic E-state index is -0.933. The van der Waals surface area contributed by atoms with Crippen LogP contribution in [0.4, 0.5) is 0 Å². The van der Waals surface area contributed by atoms with Gasteiger partial charge in [0.25, 0.3) is 0 Å². The number of benzene rings is 1. The molecule has 5 heteroatoms. The van der Waals surface area contributed by atoms with Gasteiger partial charge < -0.3 is 5.11 Å². The fraction of sp³-hybridized carbons (Fsp3) is 0.0714. The van der Waals surface area contributed by atoms with E-state index in [1.165, 1.54) is 0 Å². The Balaban J connectivity index is 2.18. The van der Waals surface area contributed by atoms with Crippen LogP contribution < -0.4 is 0 Å². The van der Waals surface area contributed by atoms with E-state index in [0.29, 0.717) is 0 Å². The fourth-order valence-corrected chi connectivity index (χ4v) is 2.09. The second-order valence-corrected chi connectivity index (χ2v) is 4.19. The van der Waals surface area contributed by atoms with Gasteiger partial charge >= 0.3 is 5.97 Å². The highest BCUT2D eigenvalue weighted by atomic mass is 16.4. The number of carboxylic acid groups (broad SMARTS) is 1. The number of hydrogen-bond acceptors (Lipinski definition) is 3. The van der Waals surface area contributed by atoms with Gasteiger partial charge in [-0.1, -0.05) is 0 Å². The average Bonchev–Trinajstić information content (AvgIpc) is 2.74. The highest BCUT2D eigenvalue weighted by Crippen LogP contribution is 2.19. The van der Waals surface area contributed by atoms with Gasteiger partial charge in [0.05, 0.1) is 5.56 Å². The third kappa shape index (κ3) is 1.85. The number of pyridine rings is 1. The first-order chi connectivity index (χ1) is 9.16. The van der Waals surface area contributed by atoms with Crippen molar-refractivity contribution in [3.05, 3.63) is 54.0 Å². The van der Waals surface area contributed by atoms with E-state index in [1.807, 2.05) is 23.6 Å². The highest BCUT2D eigenvalue weighted by molar-refractivity contribution is 5.87. The molecule has 0 saturated carbocycles. The summed E-state index contributed by atoms with van der Waals surface area (Å²) in [5, 5.41) is 8.90. The van der Waals surface area contributed by atoms with Gasteiger partial charge in [-0.25, -0.2) is 14.8 Å². The zero-order valence-electron chi connectivity index (χ0n) is 10.2. The lowest BCUT2D eigenvalue weighted by Crippen LogP contribution is -2.00. The summed E-state index contributed by atoms with van der Waals surface area (Å²) in [5.74, 6) is -0.117. The summed E-state index contributed by atoms with van der Waals surface area (Å²) in [6.45, 7) is 1.90. The minimum absolute atomic E-state index is 0.263. The number of carboxylic acids is 1. The van der Waals surface area contributed by atoms with E-state index in [9.17, 15) is 4.79 Å². The average molecular weight is 253 g/mol. The Morgan fingerprint density at radius 2 is 1.95 bits per heavy atom. The third-order valence-electron chi connectivity index (χ3n) is 2.96. The summed E-state index contributed by atoms with van der Waals surface area (Å²) in [5.41, 5.74) is 2.70. The van der Waals surface area contributed by atoms with E-state index in [1.54, 1.807) is 30.5 Å². The number of aromatic carboxylic acids is 1. The van der Waals surface area contributed by atoms with Gasteiger partial charge in [0.15, 0.2) is 5.65 Å². The molecule has 0 saturated heterocycles. The second-order valence-electron chi connectivity index (χ2n) is 4.19. The van der Waals surface area contributed by atoms with Crippen molar-refractivity contribution in [1.82, 2.24) is 14.5 Å². The third-order valence-corrected chi connectivity index (χ3v) is 2.96. The summed E-state index contributed by atoms with van der Waals surface area (Å²) < 4.78 is 1.90. The van der Waals surface area contributed by atoms with Crippen LogP contribution in [0, 0.1) is 6.92 Å². The topological polar surface area (TPSA) is 68.0 Å².